The number of rotatable bonds is 4. The Balaban J connectivity index is 1.96. The van der Waals surface area contributed by atoms with E-state index in [2.05, 4.69) is 20.3 Å². The van der Waals surface area contributed by atoms with Gasteiger partial charge in [0.2, 0.25) is 5.95 Å². The van der Waals surface area contributed by atoms with Gasteiger partial charge >= 0.3 is 0 Å². The zero-order valence-corrected chi connectivity index (χ0v) is 15.0. The average Bonchev–Trinajstić information content (AvgIpc) is 2.54. The molecule has 0 aliphatic heterocycles. The summed E-state index contributed by atoms with van der Waals surface area (Å²) in [4.78, 5) is 23.1. The van der Waals surface area contributed by atoms with Crippen molar-refractivity contribution in [2.75, 3.05) is 11.6 Å². The predicted octanol–water partition coefficient (Wildman–Crippen LogP) is 2.55. The molecular formula is C16H15ClN4O3S. The minimum Gasteiger partial charge on any atom is -0.347 e. The van der Waals surface area contributed by atoms with E-state index in [1.54, 1.807) is 31.2 Å². The molecule has 9 heteroatoms. The summed E-state index contributed by atoms with van der Waals surface area (Å²) in [6.07, 6.45) is 2.42. The molecule has 0 spiro atoms. The number of anilines is 1. The number of sulfone groups is 1. The smallest absolute Gasteiger partial charge is 0.253 e. The van der Waals surface area contributed by atoms with Gasteiger partial charge in [-0.3, -0.25) is 4.79 Å². The molecule has 1 aromatic carbocycles. The van der Waals surface area contributed by atoms with Crippen molar-refractivity contribution in [3.63, 3.8) is 0 Å². The zero-order valence-electron chi connectivity index (χ0n) is 13.4. The van der Waals surface area contributed by atoms with Crippen molar-refractivity contribution in [3.05, 3.63) is 57.5 Å². The van der Waals surface area contributed by atoms with Crippen molar-refractivity contribution in [2.45, 2.75) is 18.0 Å². The van der Waals surface area contributed by atoms with Crippen molar-refractivity contribution in [1.82, 2.24) is 15.0 Å². The van der Waals surface area contributed by atoms with Gasteiger partial charge in [0.05, 0.1) is 6.04 Å². The summed E-state index contributed by atoms with van der Waals surface area (Å²) < 4.78 is 23.2. The van der Waals surface area contributed by atoms with Crippen LogP contribution in [0.5, 0.6) is 0 Å². The Bertz CT molecular complexity index is 1110. The van der Waals surface area contributed by atoms with Crippen LogP contribution in [0.4, 0.5) is 5.95 Å². The van der Waals surface area contributed by atoms with Crippen molar-refractivity contribution in [3.8, 4) is 0 Å². The molecule has 1 atom stereocenters. The highest BCUT2D eigenvalue weighted by atomic mass is 35.5. The lowest BCUT2D eigenvalue weighted by Gasteiger charge is -2.14. The fourth-order valence-electron chi connectivity index (χ4n) is 2.41. The molecule has 0 unspecified atom stereocenters. The second-order valence-corrected chi connectivity index (χ2v) is 8.04. The molecule has 25 heavy (non-hydrogen) atoms. The molecule has 0 aliphatic rings. The molecule has 0 amide bonds. The van der Waals surface area contributed by atoms with Crippen molar-refractivity contribution >= 4 is 38.3 Å². The van der Waals surface area contributed by atoms with E-state index in [1.807, 2.05) is 0 Å². The number of pyridine rings is 1. The lowest BCUT2D eigenvalue weighted by molar-refractivity contribution is 0.598. The maximum absolute atomic E-state index is 12.3. The standard InChI is InChI=1S/C16H15ClN4O3S/c1-9(19-16-18-6-5-14(21-16)25(2,23)24)12-8-10-7-11(17)3-4-13(10)20-15(12)22/h3-9H,1-2H3,(H,20,22)(H,18,19,21)/t9-/m0/s1. The molecule has 3 aromatic rings. The first-order valence-corrected chi connectivity index (χ1v) is 9.63. The lowest BCUT2D eigenvalue weighted by atomic mass is 10.1. The lowest BCUT2D eigenvalue weighted by Crippen LogP contribution is -2.20. The fraction of sp³-hybridized carbons (Fsp3) is 0.188. The Hall–Kier alpha value is -2.45. The maximum atomic E-state index is 12.3. The van der Waals surface area contributed by atoms with Gasteiger partial charge in [-0.2, -0.15) is 0 Å². The maximum Gasteiger partial charge on any atom is 0.253 e. The predicted molar refractivity (Wildman–Crippen MR) is 96.8 cm³/mol. The summed E-state index contributed by atoms with van der Waals surface area (Å²) in [5.41, 5.74) is 0.887. The number of aromatic nitrogens is 3. The monoisotopic (exact) mass is 378 g/mol. The van der Waals surface area contributed by atoms with Crippen LogP contribution < -0.4 is 10.9 Å². The van der Waals surface area contributed by atoms with Crippen LogP contribution in [-0.2, 0) is 9.84 Å². The van der Waals surface area contributed by atoms with Gasteiger partial charge in [0, 0.05) is 33.9 Å². The molecule has 2 aromatic heterocycles. The summed E-state index contributed by atoms with van der Waals surface area (Å²) in [6, 6.07) is 7.80. The van der Waals surface area contributed by atoms with Crippen LogP contribution in [0, 0.1) is 0 Å². The van der Waals surface area contributed by atoms with E-state index >= 15 is 0 Å². The van der Waals surface area contributed by atoms with Gasteiger partial charge in [-0.1, -0.05) is 11.6 Å². The van der Waals surface area contributed by atoms with Crippen LogP contribution in [0.2, 0.25) is 5.02 Å². The van der Waals surface area contributed by atoms with E-state index in [0.29, 0.717) is 16.1 Å². The number of halogens is 1. The van der Waals surface area contributed by atoms with E-state index in [0.717, 1.165) is 11.6 Å². The highest BCUT2D eigenvalue weighted by Crippen LogP contribution is 2.21. The summed E-state index contributed by atoms with van der Waals surface area (Å²) in [7, 11) is -3.44. The first-order valence-electron chi connectivity index (χ1n) is 7.36. The molecule has 130 valence electrons. The molecule has 0 saturated carbocycles. The largest absolute Gasteiger partial charge is 0.347 e. The fourth-order valence-corrected chi connectivity index (χ4v) is 3.15. The van der Waals surface area contributed by atoms with E-state index in [4.69, 9.17) is 11.6 Å². The van der Waals surface area contributed by atoms with Gasteiger partial charge in [-0.05, 0) is 37.3 Å². The Morgan fingerprint density at radius 3 is 2.72 bits per heavy atom. The summed E-state index contributed by atoms with van der Waals surface area (Å²) in [5.74, 6) is 0.126. The van der Waals surface area contributed by atoms with Gasteiger partial charge in [0.1, 0.15) is 0 Å². The molecule has 3 rings (SSSR count). The Morgan fingerprint density at radius 1 is 1.24 bits per heavy atom. The molecule has 2 heterocycles. The van der Waals surface area contributed by atoms with Gasteiger partial charge < -0.3 is 10.3 Å². The van der Waals surface area contributed by atoms with E-state index in [-0.39, 0.29) is 16.5 Å². The van der Waals surface area contributed by atoms with Gasteiger partial charge in [0.15, 0.2) is 14.9 Å². The summed E-state index contributed by atoms with van der Waals surface area (Å²) in [6.45, 7) is 1.76. The molecule has 2 N–H and O–H groups in total. The third-order valence-electron chi connectivity index (χ3n) is 3.66. The number of nitrogens with zero attached hydrogens (tertiary/aromatic N) is 2. The SMILES string of the molecule is C[C@H](Nc1nccc(S(C)(=O)=O)n1)c1cc2cc(Cl)ccc2[nH]c1=O. The highest BCUT2D eigenvalue weighted by molar-refractivity contribution is 7.90. The van der Waals surface area contributed by atoms with Crippen LogP contribution in [0.3, 0.4) is 0 Å². The molecule has 0 radical (unpaired) electrons. The zero-order chi connectivity index (χ0) is 18.2. The molecular weight excluding hydrogens is 364 g/mol. The number of nitrogens with one attached hydrogen (secondary N) is 2. The van der Waals surface area contributed by atoms with E-state index in [9.17, 15) is 13.2 Å². The second-order valence-electron chi connectivity index (χ2n) is 5.64. The summed E-state index contributed by atoms with van der Waals surface area (Å²) in [5, 5.41) is 4.22. The molecule has 0 bridgehead atoms. The molecule has 0 aliphatic carbocycles. The average molecular weight is 379 g/mol. The van der Waals surface area contributed by atoms with Crippen molar-refractivity contribution in [1.29, 1.82) is 0 Å². The highest BCUT2D eigenvalue weighted by Gasteiger charge is 2.15. The van der Waals surface area contributed by atoms with Crippen LogP contribution >= 0.6 is 11.6 Å². The number of hydrogen-bond acceptors (Lipinski definition) is 6. The number of H-pyrrole nitrogens is 1. The number of benzene rings is 1. The molecule has 0 fully saturated rings. The Morgan fingerprint density at radius 2 is 2.00 bits per heavy atom. The molecule has 7 nitrogen and oxygen atoms in total. The summed E-state index contributed by atoms with van der Waals surface area (Å²) >= 11 is 6.00. The van der Waals surface area contributed by atoms with E-state index < -0.39 is 15.9 Å². The number of aromatic amines is 1. The minimum atomic E-state index is -3.44. The first kappa shape index (κ1) is 17.4. The van der Waals surface area contributed by atoms with Crippen LogP contribution in [0.15, 0.2) is 46.3 Å². The Labute approximate surface area is 149 Å². The van der Waals surface area contributed by atoms with Gasteiger partial charge in [-0.25, -0.2) is 18.4 Å². The van der Waals surface area contributed by atoms with Crippen LogP contribution in [-0.4, -0.2) is 29.6 Å². The van der Waals surface area contributed by atoms with Gasteiger partial charge in [0.25, 0.3) is 5.56 Å². The number of hydrogen-bond donors (Lipinski definition) is 2. The Kier molecular flexibility index (Phi) is 4.49. The van der Waals surface area contributed by atoms with Gasteiger partial charge in [-0.15, -0.1) is 0 Å². The normalized spacial score (nSPS) is 12.9. The second kappa shape index (κ2) is 6.45. The van der Waals surface area contributed by atoms with Crippen molar-refractivity contribution < 1.29 is 8.42 Å². The van der Waals surface area contributed by atoms with Crippen LogP contribution in [0.25, 0.3) is 10.9 Å². The third kappa shape index (κ3) is 3.80. The topological polar surface area (TPSA) is 105 Å². The minimum absolute atomic E-state index is 0.0867. The quantitative estimate of drug-likeness (QED) is 0.676. The first-order chi connectivity index (χ1) is 11.7. The van der Waals surface area contributed by atoms with Crippen LogP contribution in [0.1, 0.15) is 18.5 Å². The van der Waals surface area contributed by atoms with E-state index in [1.165, 1.54) is 12.3 Å². The third-order valence-corrected chi connectivity index (χ3v) is 4.88. The molecule has 0 saturated heterocycles. The van der Waals surface area contributed by atoms with Crippen molar-refractivity contribution in [2.24, 2.45) is 0 Å². The number of fused-ring (bicyclic) bond motifs is 1.